The molecule has 0 bridgehead atoms. The molecule has 1 unspecified atom stereocenters. The predicted molar refractivity (Wildman–Crippen MR) is 58.1 cm³/mol. The summed E-state index contributed by atoms with van der Waals surface area (Å²) in [4.78, 5) is 0. The van der Waals surface area contributed by atoms with E-state index in [2.05, 4.69) is 44.2 Å². The molecule has 13 heavy (non-hydrogen) atoms. The molecule has 1 heterocycles. The molecule has 1 rings (SSSR count). The van der Waals surface area contributed by atoms with Crippen LogP contribution in [0.25, 0.3) is 0 Å². The zero-order valence-corrected chi connectivity index (χ0v) is 8.88. The third-order valence-electron chi connectivity index (χ3n) is 2.61. The van der Waals surface area contributed by atoms with Gasteiger partial charge < -0.3 is 4.57 Å². The molecule has 0 N–H and O–H groups in total. The first-order valence-electron chi connectivity index (χ1n) is 5.05. The molecule has 1 aromatic rings. The molecule has 1 heteroatoms. The molecule has 0 aliphatic carbocycles. The van der Waals surface area contributed by atoms with Crippen molar-refractivity contribution >= 4 is 0 Å². The van der Waals surface area contributed by atoms with E-state index in [0.717, 1.165) is 12.8 Å². The highest BCUT2D eigenvalue weighted by molar-refractivity contribution is 5.23. The number of rotatable bonds is 4. The predicted octanol–water partition coefficient (Wildman–Crippen LogP) is 3.36. The van der Waals surface area contributed by atoms with E-state index in [9.17, 15) is 0 Å². The molecule has 1 atom stereocenters. The molecule has 0 spiro atoms. The van der Waals surface area contributed by atoms with Crippen molar-refractivity contribution in [1.82, 2.24) is 4.57 Å². The Labute approximate surface area is 81.1 Å². The minimum atomic E-state index is 0.412. The molecular weight excluding hydrogens is 158 g/mol. The first kappa shape index (κ1) is 10.1. The van der Waals surface area contributed by atoms with E-state index in [4.69, 9.17) is 0 Å². The first-order chi connectivity index (χ1) is 6.24. The van der Waals surface area contributed by atoms with Crippen molar-refractivity contribution in [3.05, 3.63) is 36.2 Å². The van der Waals surface area contributed by atoms with Gasteiger partial charge in [0.25, 0.3) is 0 Å². The van der Waals surface area contributed by atoms with Crippen molar-refractivity contribution in [1.29, 1.82) is 0 Å². The summed E-state index contributed by atoms with van der Waals surface area (Å²) in [5, 5.41) is 0. The molecule has 0 saturated heterocycles. The average molecular weight is 177 g/mol. The van der Waals surface area contributed by atoms with E-state index in [1.54, 1.807) is 0 Å². The van der Waals surface area contributed by atoms with Crippen LogP contribution >= 0.6 is 0 Å². The Morgan fingerprint density at radius 1 is 1.46 bits per heavy atom. The number of nitrogens with zero attached hydrogens (tertiary/aromatic N) is 1. The van der Waals surface area contributed by atoms with Crippen LogP contribution in [-0.4, -0.2) is 4.57 Å². The summed E-state index contributed by atoms with van der Waals surface area (Å²) in [5.74, 6) is 0. The number of hydrogen-bond acceptors (Lipinski definition) is 0. The second-order valence-corrected chi connectivity index (χ2v) is 3.38. The van der Waals surface area contributed by atoms with Crippen molar-refractivity contribution in [3.8, 4) is 0 Å². The summed E-state index contributed by atoms with van der Waals surface area (Å²) in [5.41, 5.74) is 2.92. The van der Waals surface area contributed by atoms with Gasteiger partial charge in [0.2, 0.25) is 0 Å². The van der Waals surface area contributed by atoms with Crippen LogP contribution in [0.15, 0.2) is 24.9 Å². The normalized spacial score (nSPS) is 12.8. The number of aromatic nitrogens is 1. The van der Waals surface area contributed by atoms with E-state index >= 15 is 0 Å². The molecular formula is C12H19N. The van der Waals surface area contributed by atoms with Crippen LogP contribution in [0.3, 0.4) is 0 Å². The summed E-state index contributed by atoms with van der Waals surface area (Å²) in [6.45, 7) is 10.4. The molecule has 72 valence electrons. The lowest BCUT2D eigenvalue weighted by Gasteiger charge is -2.13. The molecule has 1 nitrogen and oxygen atoms in total. The molecule has 0 aliphatic heterocycles. The summed E-state index contributed by atoms with van der Waals surface area (Å²) in [6.07, 6.45) is 6.39. The third-order valence-corrected chi connectivity index (χ3v) is 2.61. The first-order valence-corrected chi connectivity index (χ1v) is 5.05. The van der Waals surface area contributed by atoms with E-state index in [0.29, 0.717) is 6.04 Å². The molecule has 0 fully saturated rings. The summed E-state index contributed by atoms with van der Waals surface area (Å²) >= 11 is 0. The van der Waals surface area contributed by atoms with Crippen LogP contribution in [0.4, 0.5) is 0 Å². The fourth-order valence-electron chi connectivity index (χ4n) is 1.75. The molecule has 0 aliphatic rings. The highest BCUT2D eigenvalue weighted by atomic mass is 15.0. The standard InChI is InChI=1S/C12H19N/c1-5-10(4)13-9-8-11(6-2)12(13)7-3/h5,8-10H,1,6-7H2,2-4H3. The minimum absolute atomic E-state index is 0.412. The maximum Gasteiger partial charge on any atom is 0.0482 e. The van der Waals surface area contributed by atoms with Crippen LogP contribution in [0.5, 0.6) is 0 Å². The molecule has 1 aromatic heterocycles. The quantitative estimate of drug-likeness (QED) is 0.621. The van der Waals surface area contributed by atoms with Gasteiger partial charge >= 0.3 is 0 Å². The van der Waals surface area contributed by atoms with Gasteiger partial charge in [0, 0.05) is 17.9 Å². The monoisotopic (exact) mass is 177 g/mol. The fourth-order valence-corrected chi connectivity index (χ4v) is 1.75. The highest BCUT2D eigenvalue weighted by Gasteiger charge is 2.08. The van der Waals surface area contributed by atoms with Crippen LogP contribution in [0, 0.1) is 0 Å². The van der Waals surface area contributed by atoms with Gasteiger partial charge in [-0.15, -0.1) is 6.58 Å². The van der Waals surface area contributed by atoms with Gasteiger partial charge in [-0.3, -0.25) is 0 Å². The molecule has 0 saturated carbocycles. The topological polar surface area (TPSA) is 4.93 Å². The summed E-state index contributed by atoms with van der Waals surface area (Å²) in [7, 11) is 0. The molecule has 0 aromatic carbocycles. The highest BCUT2D eigenvalue weighted by Crippen LogP contribution is 2.18. The van der Waals surface area contributed by atoms with Gasteiger partial charge in [-0.2, -0.15) is 0 Å². The summed E-state index contributed by atoms with van der Waals surface area (Å²) < 4.78 is 2.31. The van der Waals surface area contributed by atoms with E-state index < -0.39 is 0 Å². The van der Waals surface area contributed by atoms with Crippen LogP contribution < -0.4 is 0 Å². The van der Waals surface area contributed by atoms with Gasteiger partial charge in [-0.25, -0.2) is 0 Å². The number of aryl methyl sites for hydroxylation is 1. The van der Waals surface area contributed by atoms with E-state index in [-0.39, 0.29) is 0 Å². The Kier molecular flexibility index (Phi) is 3.35. The zero-order chi connectivity index (χ0) is 9.84. The third kappa shape index (κ3) is 1.85. The average Bonchev–Trinajstić information content (AvgIpc) is 2.58. The largest absolute Gasteiger partial charge is 0.345 e. The molecule has 0 radical (unpaired) electrons. The van der Waals surface area contributed by atoms with Crippen LogP contribution in [-0.2, 0) is 12.8 Å². The summed E-state index contributed by atoms with van der Waals surface area (Å²) in [6, 6.07) is 2.63. The maximum absolute atomic E-state index is 3.83. The lowest BCUT2D eigenvalue weighted by atomic mass is 10.1. The van der Waals surface area contributed by atoms with E-state index in [1.165, 1.54) is 11.3 Å². The minimum Gasteiger partial charge on any atom is -0.345 e. The van der Waals surface area contributed by atoms with Crippen molar-refractivity contribution in [2.24, 2.45) is 0 Å². The Morgan fingerprint density at radius 2 is 2.15 bits per heavy atom. The number of hydrogen-bond donors (Lipinski definition) is 0. The van der Waals surface area contributed by atoms with Gasteiger partial charge in [0.05, 0.1) is 0 Å². The van der Waals surface area contributed by atoms with Crippen molar-refractivity contribution in [2.75, 3.05) is 0 Å². The van der Waals surface area contributed by atoms with E-state index in [1.807, 2.05) is 6.08 Å². The fraction of sp³-hybridized carbons (Fsp3) is 0.500. The Bertz CT molecular complexity index is 283. The second-order valence-electron chi connectivity index (χ2n) is 3.38. The smallest absolute Gasteiger partial charge is 0.0482 e. The van der Waals surface area contributed by atoms with Gasteiger partial charge in [0.1, 0.15) is 0 Å². The van der Waals surface area contributed by atoms with Crippen molar-refractivity contribution in [3.63, 3.8) is 0 Å². The lowest BCUT2D eigenvalue weighted by molar-refractivity contribution is 0.631. The van der Waals surface area contributed by atoms with Crippen molar-refractivity contribution in [2.45, 2.75) is 39.7 Å². The second kappa shape index (κ2) is 4.31. The van der Waals surface area contributed by atoms with Crippen molar-refractivity contribution < 1.29 is 0 Å². The number of allylic oxidation sites excluding steroid dienone is 1. The zero-order valence-electron chi connectivity index (χ0n) is 8.88. The maximum atomic E-state index is 3.83. The SMILES string of the molecule is C=CC(C)n1ccc(CC)c1CC. The van der Waals surface area contributed by atoms with Gasteiger partial charge in [-0.1, -0.05) is 19.9 Å². The van der Waals surface area contributed by atoms with Gasteiger partial charge in [-0.05, 0) is 31.4 Å². The Morgan fingerprint density at radius 3 is 2.62 bits per heavy atom. The molecule has 0 amide bonds. The Hall–Kier alpha value is -0.980. The Balaban J connectivity index is 3.07. The van der Waals surface area contributed by atoms with Crippen LogP contribution in [0.2, 0.25) is 0 Å². The lowest BCUT2D eigenvalue weighted by Crippen LogP contribution is -2.05. The van der Waals surface area contributed by atoms with Gasteiger partial charge in [0.15, 0.2) is 0 Å². The van der Waals surface area contributed by atoms with Crippen LogP contribution in [0.1, 0.15) is 38.1 Å².